The number of carbonyl (C=O) groups excluding carboxylic acids is 3. The van der Waals surface area contributed by atoms with Gasteiger partial charge < -0.3 is 10.6 Å². The monoisotopic (exact) mass is 482 g/mol. The predicted molar refractivity (Wildman–Crippen MR) is 128 cm³/mol. The maximum atomic E-state index is 13.0. The molecule has 4 amide bonds. The average molecular weight is 483 g/mol. The van der Waals surface area contributed by atoms with Crippen LogP contribution in [-0.4, -0.2) is 34.3 Å². The highest BCUT2D eigenvalue weighted by Crippen LogP contribution is 2.30. The first kappa shape index (κ1) is 22.9. The third-order valence-corrected chi connectivity index (χ3v) is 6.82. The van der Waals surface area contributed by atoms with Crippen LogP contribution in [0.1, 0.15) is 27.9 Å². The van der Waals surface area contributed by atoms with Crippen molar-refractivity contribution in [2.45, 2.75) is 32.9 Å². The van der Waals surface area contributed by atoms with Crippen LogP contribution >= 0.6 is 22.9 Å². The van der Waals surface area contributed by atoms with Crippen molar-refractivity contribution in [3.63, 3.8) is 0 Å². The number of hydrogen-bond acceptors (Lipinski definition) is 5. The zero-order chi connectivity index (χ0) is 23.8. The summed E-state index contributed by atoms with van der Waals surface area (Å²) in [5, 5.41) is 6.85. The predicted octanol–water partition coefficient (Wildman–Crippen LogP) is 4.16. The van der Waals surface area contributed by atoms with E-state index in [4.69, 9.17) is 11.6 Å². The number of aryl methyl sites for hydroxylation is 2. The summed E-state index contributed by atoms with van der Waals surface area (Å²) >= 11 is 7.43. The summed E-state index contributed by atoms with van der Waals surface area (Å²) in [5.74, 6) is -0.894. The van der Waals surface area contributed by atoms with Crippen LogP contribution in [0.5, 0.6) is 0 Å². The molecule has 1 unspecified atom stereocenters. The van der Waals surface area contributed by atoms with Crippen molar-refractivity contribution in [1.82, 2.24) is 20.5 Å². The number of hydrogen-bond donors (Lipinski definition) is 2. The summed E-state index contributed by atoms with van der Waals surface area (Å²) < 4.78 is 0. The summed E-state index contributed by atoms with van der Waals surface area (Å²) in [7, 11) is 0. The van der Waals surface area contributed by atoms with E-state index < -0.39 is 23.4 Å². The lowest BCUT2D eigenvalue weighted by atomic mass is 9.91. The Morgan fingerprint density at radius 2 is 1.79 bits per heavy atom. The van der Waals surface area contributed by atoms with E-state index in [2.05, 4.69) is 15.6 Å². The van der Waals surface area contributed by atoms with Crippen molar-refractivity contribution in [2.24, 2.45) is 0 Å². The molecule has 7 nitrogen and oxygen atoms in total. The maximum Gasteiger partial charge on any atom is 0.325 e. The van der Waals surface area contributed by atoms with Crippen molar-refractivity contribution in [1.29, 1.82) is 0 Å². The minimum Gasteiger partial charge on any atom is -0.348 e. The Bertz CT molecular complexity index is 1220. The molecule has 0 spiro atoms. The van der Waals surface area contributed by atoms with Gasteiger partial charge in [-0.3, -0.25) is 14.5 Å². The highest BCUT2D eigenvalue weighted by atomic mass is 35.5. The SMILES string of the molecule is Cc1ccc(C2(C)NC(=O)N(CC(=O)NCc3nc(-c4ccc(Cl)cc4)c(C)s3)C2=O)cc1. The zero-order valence-electron chi connectivity index (χ0n) is 18.4. The van der Waals surface area contributed by atoms with E-state index in [1.807, 2.05) is 38.1 Å². The lowest BCUT2D eigenvalue weighted by Crippen LogP contribution is -2.43. The fraction of sp³-hybridized carbons (Fsp3) is 0.250. The van der Waals surface area contributed by atoms with Crippen LogP contribution in [0.15, 0.2) is 48.5 Å². The molecule has 0 bridgehead atoms. The van der Waals surface area contributed by atoms with Gasteiger partial charge in [-0.05, 0) is 38.5 Å². The Hall–Kier alpha value is -3.23. The molecule has 1 saturated heterocycles. The van der Waals surface area contributed by atoms with Crippen LogP contribution in [0.25, 0.3) is 11.3 Å². The molecule has 1 fully saturated rings. The summed E-state index contributed by atoms with van der Waals surface area (Å²) in [5.41, 5.74) is 2.30. The number of benzene rings is 2. The molecule has 2 heterocycles. The second-order valence-corrected chi connectivity index (χ2v) is 9.83. The van der Waals surface area contributed by atoms with Gasteiger partial charge in [-0.15, -0.1) is 11.3 Å². The van der Waals surface area contributed by atoms with E-state index >= 15 is 0 Å². The van der Waals surface area contributed by atoms with Crippen molar-refractivity contribution < 1.29 is 14.4 Å². The average Bonchev–Trinajstić information content (AvgIpc) is 3.26. The Balaban J connectivity index is 1.40. The fourth-order valence-electron chi connectivity index (χ4n) is 3.70. The number of rotatable bonds is 6. The lowest BCUT2D eigenvalue weighted by molar-refractivity contribution is -0.134. The van der Waals surface area contributed by atoms with Gasteiger partial charge in [0.1, 0.15) is 17.1 Å². The smallest absolute Gasteiger partial charge is 0.325 e. The number of imide groups is 1. The molecule has 0 radical (unpaired) electrons. The zero-order valence-corrected chi connectivity index (χ0v) is 20.0. The molecule has 33 heavy (non-hydrogen) atoms. The molecule has 4 rings (SSSR count). The summed E-state index contributed by atoms with van der Waals surface area (Å²) in [6.07, 6.45) is 0. The van der Waals surface area contributed by atoms with Crippen molar-refractivity contribution in [3.8, 4) is 11.3 Å². The minimum atomic E-state index is -1.20. The first-order valence-corrected chi connectivity index (χ1v) is 11.6. The molecule has 0 aliphatic carbocycles. The van der Waals surface area contributed by atoms with Crippen LogP contribution in [0, 0.1) is 13.8 Å². The van der Waals surface area contributed by atoms with Gasteiger partial charge in [-0.1, -0.05) is 53.6 Å². The van der Waals surface area contributed by atoms with E-state index in [-0.39, 0.29) is 13.1 Å². The molecule has 1 aromatic heterocycles. The molecule has 9 heteroatoms. The second kappa shape index (κ2) is 8.96. The number of nitrogens with one attached hydrogen (secondary N) is 2. The molecule has 170 valence electrons. The maximum absolute atomic E-state index is 13.0. The normalized spacial score (nSPS) is 17.9. The van der Waals surface area contributed by atoms with Crippen molar-refractivity contribution in [3.05, 3.63) is 74.6 Å². The Morgan fingerprint density at radius 1 is 1.12 bits per heavy atom. The topological polar surface area (TPSA) is 91.4 Å². The van der Waals surface area contributed by atoms with E-state index in [0.717, 1.165) is 31.6 Å². The Labute approximate surface area is 200 Å². The van der Waals surface area contributed by atoms with Gasteiger partial charge in [0.05, 0.1) is 12.2 Å². The number of thiazole rings is 1. The molecule has 1 aliphatic rings. The van der Waals surface area contributed by atoms with Gasteiger partial charge in [-0.25, -0.2) is 9.78 Å². The van der Waals surface area contributed by atoms with Gasteiger partial charge >= 0.3 is 6.03 Å². The third kappa shape index (κ3) is 4.62. The summed E-state index contributed by atoms with van der Waals surface area (Å²) in [4.78, 5) is 44.6. The molecule has 2 aromatic carbocycles. The van der Waals surface area contributed by atoms with E-state index in [0.29, 0.717) is 10.6 Å². The second-order valence-electron chi connectivity index (χ2n) is 8.11. The van der Waals surface area contributed by atoms with Crippen molar-refractivity contribution in [2.75, 3.05) is 6.54 Å². The number of aromatic nitrogens is 1. The third-order valence-electron chi connectivity index (χ3n) is 5.60. The van der Waals surface area contributed by atoms with Gasteiger partial charge in [0.15, 0.2) is 0 Å². The van der Waals surface area contributed by atoms with Crippen LogP contribution in [0.3, 0.4) is 0 Å². The summed E-state index contributed by atoms with van der Waals surface area (Å²) in [6, 6.07) is 14.2. The van der Waals surface area contributed by atoms with Gasteiger partial charge in [-0.2, -0.15) is 0 Å². The fourth-order valence-corrected chi connectivity index (χ4v) is 4.72. The van der Waals surface area contributed by atoms with Gasteiger partial charge in [0, 0.05) is 15.5 Å². The standard InChI is InChI=1S/C24H23ClN4O3S/c1-14-4-8-17(9-5-14)24(3)22(31)29(23(32)28-24)13-19(30)26-12-20-27-21(15(2)33-20)16-6-10-18(25)11-7-16/h4-11H,12-13H2,1-3H3,(H,26,30)(H,28,32). The number of carbonyl (C=O) groups is 3. The molecule has 1 atom stereocenters. The van der Waals surface area contributed by atoms with E-state index in [9.17, 15) is 14.4 Å². The number of urea groups is 1. The molecule has 1 aliphatic heterocycles. The molecular formula is C24H23ClN4O3S. The first-order valence-electron chi connectivity index (χ1n) is 10.4. The van der Waals surface area contributed by atoms with E-state index in [1.165, 1.54) is 11.3 Å². The Morgan fingerprint density at radius 3 is 2.45 bits per heavy atom. The van der Waals surface area contributed by atoms with Crippen molar-refractivity contribution >= 4 is 40.8 Å². The van der Waals surface area contributed by atoms with Crippen LogP contribution in [0.4, 0.5) is 4.79 Å². The van der Waals surface area contributed by atoms with Gasteiger partial charge in [0.2, 0.25) is 5.91 Å². The molecular weight excluding hydrogens is 460 g/mol. The molecule has 2 N–H and O–H groups in total. The highest BCUT2D eigenvalue weighted by molar-refractivity contribution is 7.12. The Kier molecular flexibility index (Phi) is 6.23. The number of amides is 4. The van der Waals surface area contributed by atoms with Gasteiger partial charge in [0.25, 0.3) is 5.91 Å². The van der Waals surface area contributed by atoms with Crippen LogP contribution in [-0.2, 0) is 21.7 Å². The number of nitrogens with zero attached hydrogens (tertiary/aromatic N) is 2. The largest absolute Gasteiger partial charge is 0.348 e. The molecule has 3 aromatic rings. The number of halogens is 1. The van der Waals surface area contributed by atoms with Crippen LogP contribution in [0.2, 0.25) is 5.02 Å². The summed E-state index contributed by atoms with van der Waals surface area (Å²) in [6.45, 7) is 5.40. The lowest BCUT2D eigenvalue weighted by Gasteiger charge is -2.22. The van der Waals surface area contributed by atoms with Crippen LogP contribution < -0.4 is 10.6 Å². The van der Waals surface area contributed by atoms with E-state index in [1.54, 1.807) is 31.2 Å². The first-order chi connectivity index (χ1) is 15.7. The quantitative estimate of drug-likeness (QED) is 0.516. The minimum absolute atomic E-state index is 0.205. The highest BCUT2D eigenvalue weighted by Gasteiger charge is 2.49. The molecule has 0 saturated carbocycles.